The van der Waals surface area contributed by atoms with Gasteiger partial charge in [0.05, 0.1) is 6.10 Å². The second-order valence-electron chi connectivity index (χ2n) is 2.63. The molecule has 2 nitrogen and oxygen atoms in total. The molecular weight excluding hydrogens is 206 g/mol. The summed E-state index contributed by atoms with van der Waals surface area (Å²) in [7, 11) is 1.76. The van der Waals surface area contributed by atoms with Gasteiger partial charge in [-0.05, 0) is 13.5 Å². The second-order valence-corrected chi connectivity index (χ2v) is 3.42. The molecule has 1 atom stereocenters. The lowest BCUT2D eigenvalue weighted by Gasteiger charge is -2.22. The van der Waals surface area contributed by atoms with Crippen LogP contribution < -0.4 is 0 Å². The van der Waals surface area contributed by atoms with Crippen molar-refractivity contribution in [2.75, 3.05) is 32.1 Å². The Morgan fingerprint density at radius 3 is 2.55 bits per heavy atom. The molecule has 0 aliphatic rings. The molecule has 0 aliphatic carbocycles. The maximum atomic E-state index is 5.17. The Morgan fingerprint density at radius 2 is 2.18 bits per heavy atom. The van der Waals surface area contributed by atoms with Crippen LogP contribution in [0.15, 0.2) is 0 Å². The number of nitrogens with zero attached hydrogens (tertiary/aromatic N) is 1. The van der Waals surface area contributed by atoms with Crippen LogP contribution >= 0.6 is 15.9 Å². The van der Waals surface area contributed by atoms with Gasteiger partial charge in [-0.1, -0.05) is 22.9 Å². The molecule has 1 unspecified atom stereocenters. The van der Waals surface area contributed by atoms with Crippen molar-refractivity contribution in [2.45, 2.75) is 20.0 Å². The first-order chi connectivity index (χ1) is 5.24. The van der Waals surface area contributed by atoms with Gasteiger partial charge in [-0.25, -0.2) is 0 Å². The lowest BCUT2D eigenvalue weighted by Crippen LogP contribution is -2.33. The zero-order valence-corrected chi connectivity index (χ0v) is 9.23. The van der Waals surface area contributed by atoms with E-state index in [0.717, 1.165) is 25.0 Å². The molecule has 3 heteroatoms. The highest BCUT2D eigenvalue weighted by atomic mass is 79.9. The Labute approximate surface area is 78.0 Å². The second kappa shape index (κ2) is 7.07. The minimum Gasteiger partial charge on any atom is -0.380 e. The van der Waals surface area contributed by atoms with Crippen molar-refractivity contribution in [1.82, 2.24) is 4.90 Å². The number of methoxy groups -OCH3 is 1. The molecule has 0 fully saturated rings. The highest BCUT2D eigenvalue weighted by Crippen LogP contribution is 1.96. The van der Waals surface area contributed by atoms with Crippen LogP contribution in [0.5, 0.6) is 0 Å². The summed E-state index contributed by atoms with van der Waals surface area (Å²) in [5.41, 5.74) is 0. The van der Waals surface area contributed by atoms with Gasteiger partial charge in [0, 0.05) is 25.5 Å². The third-order valence-electron chi connectivity index (χ3n) is 1.77. The van der Waals surface area contributed by atoms with E-state index in [0.29, 0.717) is 6.10 Å². The third-order valence-corrected chi connectivity index (χ3v) is 2.12. The lowest BCUT2D eigenvalue weighted by atomic mass is 10.3. The van der Waals surface area contributed by atoms with Gasteiger partial charge >= 0.3 is 0 Å². The van der Waals surface area contributed by atoms with E-state index in [1.807, 2.05) is 0 Å². The van der Waals surface area contributed by atoms with Gasteiger partial charge in [-0.3, -0.25) is 0 Å². The molecule has 0 spiro atoms. The SMILES string of the molecule is CCN(CCBr)CC(C)OC. The molecule has 0 saturated carbocycles. The van der Waals surface area contributed by atoms with Crippen LogP contribution in [0.4, 0.5) is 0 Å². The van der Waals surface area contributed by atoms with E-state index < -0.39 is 0 Å². The van der Waals surface area contributed by atoms with Crippen LogP contribution in [0.25, 0.3) is 0 Å². The van der Waals surface area contributed by atoms with Crippen molar-refractivity contribution >= 4 is 15.9 Å². The highest BCUT2D eigenvalue weighted by Gasteiger charge is 2.05. The summed E-state index contributed by atoms with van der Waals surface area (Å²) in [6, 6.07) is 0. The van der Waals surface area contributed by atoms with Crippen LogP contribution in [0.3, 0.4) is 0 Å². The number of likely N-dealkylation sites (N-methyl/N-ethyl adjacent to an activating group) is 1. The van der Waals surface area contributed by atoms with Crippen LogP contribution in [-0.4, -0.2) is 43.1 Å². The van der Waals surface area contributed by atoms with Crippen LogP contribution in [-0.2, 0) is 4.74 Å². The molecular formula is C8H18BrNO. The molecule has 0 aliphatic heterocycles. The van der Waals surface area contributed by atoms with Crippen molar-refractivity contribution in [3.8, 4) is 0 Å². The molecule has 0 N–H and O–H groups in total. The Balaban J connectivity index is 3.49. The van der Waals surface area contributed by atoms with Gasteiger partial charge in [0.25, 0.3) is 0 Å². The summed E-state index contributed by atoms with van der Waals surface area (Å²) in [4.78, 5) is 2.36. The summed E-state index contributed by atoms with van der Waals surface area (Å²) in [5, 5.41) is 1.04. The van der Waals surface area contributed by atoms with Gasteiger partial charge in [0.2, 0.25) is 0 Å². The van der Waals surface area contributed by atoms with Gasteiger partial charge < -0.3 is 9.64 Å². The molecule has 0 rings (SSSR count). The minimum absolute atomic E-state index is 0.342. The summed E-state index contributed by atoms with van der Waals surface area (Å²) in [6.07, 6.45) is 0.342. The largest absolute Gasteiger partial charge is 0.380 e. The quantitative estimate of drug-likeness (QED) is 0.637. The molecule has 0 amide bonds. The molecule has 0 saturated heterocycles. The number of ether oxygens (including phenoxy) is 1. The van der Waals surface area contributed by atoms with Crippen LogP contribution in [0, 0.1) is 0 Å². The van der Waals surface area contributed by atoms with E-state index in [4.69, 9.17) is 4.74 Å². The predicted octanol–water partition coefficient (Wildman–Crippen LogP) is 1.74. The molecule has 0 aromatic carbocycles. The van der Waals surface area contributed by atoms with Crippen molar-refractivity contribution in [3.63, 3.8) is 0 Å². The molecule has 0 heterocycles. The fourth-order valence-electron chi connectivity index (χ4n) is 0.936. The van der Waals surface area contributed by atoms with Gasteiger partial charge in [-0.2, -0.15) is 0 Å². The zero-order valence-electron chi connectivity index (χ0n) is 7.64. The summed E-state index contributed by atoms with van der Waals surface area (Å²) in [6.45, 7) is 7.49. The molecule has 0 aromatic heterocycles. The predicted molar refractivity (Wildman–Crippen MR) is 52.4 cm³/mol. The normalized spacial score (nSPS) is 13.9. The standard InChI is InChI=1S/C8H18BrNO/c1-4-10(6-5-9)7-8(2)11-3/h8H,4-7H2,1-3H3. The number of alkyl halides is 1. The lowest BCUT2D eigenvalue weighted by molar-refractivity contribution is 0.0812. The average molecular weight is 224 g/mol. The van der Waals surface area contributed by atoms with Gasteiger partial charge in [0.1, 0.15) is 0 Å². The maximum Gasteiger partial charge on any atom is 0.0670 e. The number of halogens is 1. The maximum absolute atomic E-state index is 5.17. The van der Waals surface area contributed by atoms with Crippen molar-refractivity contribution < 1.29 is 4.74 Å². The molecule has 0 bridgehead atoms. The highest BCUT2D eigenvalue weighted by molar-refractivity contribution is 9.09. The van der Waals surface area contributed by atoms with E-state index in [1.54, 1.807) is 7.11 Å². The summed E-state index contributed by atoms with van der Waals surface area (Å²) in [5.74, 6) is 0. The smallest absolute Gasteiger partial charge is 0.0670 e. The topological polar surface area (TPSA) is 12.5 Å². The molecule has 11 heavy (non-hydrogen) atoms. The van der Waals surface area contributed by atoms with Crippen molar-refractivity contribution in [2.24, 2.45) is 0 Å². The first kappa shape index (κ1) is 11.4. The van der Waals surface area contributed by atoms with E-state index >= 15 is 0 Å². The van der Waals surface area contributed by atoms with E-state index in [2.05, 4.69) is 34.7 Å². The van der Waals surface area contributed by atoms with Gasteiger partial charge in [0.15, 0.2) is 0 Å². The molecule has 68 valence electrons. The monoisotopic (exact) mass is 223 g/mol. The zero-order chi connectivity index (χ0) is 8.69. The Hall–Kier alpha value is 0.400. The number of rotatable bonds is 6. The molecule has 0 aromatic rings. The Bertz CT molecular complexity index is 90.2. The van der Waals surface area contributed by atoms with Gasteiger partial charge in [-0.15, -0.1) is 0 Å². The summed E-state index contributed by atoms with van der Waals surface area (Å²) >= 11 is 3.42. The minimum atomic E-state index is 0.342. The fourth-order valence-corrected chi connectivity index (χ4v) is 1.44. The fraction of sp³-hybridized carbons (Fsp3) is 1.00. The molecule has 0 radical (unpaired) electrons. The summed E-state index contributed by atoms with van der Waals surface area (Å²) < 4.78 is 5.17. The van der Waals surface area contributed by atoms with E-state index in [9.17, 15) is 0 Å². The van der Waals surface area contributed by atoms with Crippen LogP contribution in [0.1, 0.15) is 13.8 Å². The first-order valence-corrected chi connectivity index (χ1v) is 5.17. The Morgan fingerprint density at radius 1 is 1.55 bits per heavy atom. The number of hydrogen-bond donors (Lipinski definition) is 0. The Kier molecular flexibility index (Phi) is 7.33. The van der Waals surface area contributed by atoms with E-state index in [-0.39, 0.29) is 0 Å². The number of hydrogen-bond acceptors (Lipinski definition) is 2. The van der Waals surface area contributed by atoms with Crippen LogP contribution in [0.2, 0.25) is 0 Å². The third kappa shape index (κ3) is 5.65. The van der Waals surface area contributed by atoms with Crippen molar-refractivity contribution in [1.29, 1.82) is 0 Å². The van der Waals surface area contributed by atoms with Crippen molar-refractivity contribution in [3.05, 3.63) is 0 Å². The van der Waals surface area contributed by atoms with E-state index in [1.165, 1.54) is 0 Å². The first-order valence-electron chi connectivity index (χ1n) is 4.05. The average Bonchev–Trinajstić information content (AvgIpc) is 2.03.